The maximum absolute atomic E-state index is 12.6. The van der Waals surface area contributed by atoms with Crippen LogP contribution in [0.25, 0.3) is 5.65 Å². The van der Waals surface area contributed by atoms with Crippen LogP contribution in [0.1, 0.15) is 35.6 Å². The van der Waals surface area contributed by atoms with Crippen LogP contribution in [-0.2, 0) is 0 Å². The van der Waals surface area contributed by atoms with Crippen LogP contribution < -0.4 is 10.2 Å². The summed E-state index contributed by atoms with van der Waals surface area (Å²) in [6, 6.07) is 9.63. The standard InChI is InChI=1S/C19H23N5O/c1-5-23(6-2)16-7-8-17(13(3)11-16)20-19(25)15-9-10-24-14(4)21-22-18(24)12-15/h7-12H,5-6H2,1-4H3,(H,20,25). The van der Waals surface area contributed by atoms with Crippen molar-refractivity contribution in [1.29, 1.82) is 0 Å². The van der Waals surface area contributed by atoms with E-state index in [1.54, 1.807) is 12.1 Å². The highest BCUT2D eigenvalue weighted by Crippen LogP contribution is 2.23. The van der Waals surface area contributed by atoms with Crippen molar-refractivity contribution in [2.75, 3.05) is 23.3 Å². The Hall–Kier alpha value is -2.89. The molecule has 3 rings (SSSR count). The Kier molecular flexibility index (Phi) is 4.70. The number of nitrogens with zero attached hydrogens (tertiary/aromatic N) is 4. The molecule has 3 aromatic rings. The van der Waals surface area contributed by atoms with Gasteiger partial charge in [-0.2, -0.15) is 0 Å². The summed E-state index contributed by atoms with van der Waals surface area (Å²) < 4.78 is 1.85. The smallest absolute Gasteiger partial charge is 0.255 e. The Labute approximate surface area is 147 Å². The molecule has 0 aliphatic rings. The zero-order valence-electron chi connectivity index (χ0n) is 15.1. The summed E-state index contributed by atoms with van der Waals surface area (Å²) in [5.41, 5.74) is 4.25. The van der Waals surface area contributed by atoms with Crippen molar-refractivity contribution in [2.45, 2.75) is 27.7 Å². The van der Waals surface area contributed by atoms with E-state index in [1.807, 2.05) is 36.6 Å². The summed E-state index contributed by atoms with van der Waals surface area (Å²) in [7, 11) is 0. The van der Waals surface area contributed by atoms with Gasteiger partial charge in [0.05, 0.1) is 0 Å². The van der Waals surface area contributed by atoms with Crippen molar-refractivity contribution in [1.82, 2.24) is 14.6 Å². The lowest BCUT2D eigenvalue weighted by atomic mass is 10.1. The highest BCUT2D eigenvalue weighted by atomic mass is 16.1. The van der Waals surface area contributed by atoms with Gasteiger partial charge < -0.3 is 10.2 Å². The summed E-state index contributed by atoms with van der Waals surface area (Å²) in [5, 5.41) is 11.1. The molecule has 0 fully saturated rings. The Balaban J connectivity index is 1.82. The van der Waals surface area contributed by atoms with Gasteiger partial charge in [0.25, 0.3) is 5.91 Å². The predicted molar refractivity (Wildman–Crippen MR) is 100 cm³/mol. The van der Waals surface area contributed by atoms with Crippen molar-refractivity contribution < 1.29 is 4.79 Å². The third-order valence-electron chi connectivity index (χ3n) is 4.43. The Morgan fingerprint density at radius 1 is 1.12 bits per heavy atom. The third kappa shape index (κ3) is 3.33. The van der Waals surface area contributed by atoms with E-state index in [0.717, 1.165) is 30.2 Å². The van der Waals surface area contributed by atoms with E-state index < -0.39 is 0 Å². The number of hydrogen-bond donors (Lipinski definition) is 1. The second kappa shape index (κ2) is 6.93. The van der Waals surface area contributed by atoms with Gasteiger partial charge in [0, 0.05) is 36.2 Å². The number of hydrogen-bond acceptors (Lipinski definition) is 4. The first-order chi connectivity index (χ1) is 12.0. The number of aromatic nitrogens is 3. The first-order valence-corrected chi connectivity index (χ1v) is 8.51. The number of carbonyl (C=O) groups is 1. The highest BCUT2D eigenvalue weighted by Gasteiger charge is 2.11. The van der Waals surface area contributed by atoms with Gasteiger partial charge >= 0.3 is 0 Å². The average Bonchev–Trinajstić information content (AvgIpc) is 2.99. The molecule has 25 heavy (non-hydrogen) atoms. The molecule has 6 nitrogen and oxygen atoms in total. The van der Waals surface area contributed by atoms with Crippen LogP contribution in [0.5, 0.6) is 0 Å². The van der Waals surface area contributed by atoms with Gasteiger partial charge in [0.1, 0.15) is 5.82 Å². The van der Waals surface area contributed by atoms with Crippen LogP contribution in [0.2, 0.25) is 0 Å². The molecule has 6 heteroatoms. The minimum atomic E-state index is -0.151. The number of aryl methyl sites for hydroxylation is 2. The molecular weight excluding hydrogens is 314 g/mol. The molecule has 2 heterocycles. The van der Waals surface area contributed by atoms with Gasteiger partial charge in [-0.15, -0.1) is 10.2 Å². The van der Waals surface area contributed by atoms with E-state index in [9.17, 15) is 4.79 Å². The van der Waals surface area contributed by atoms with Gasteiger partial charge in [0.2, 0.25) is 0 Å². The molecule has 0 saturated heterocycles. The summed E-state index contributed by atoms with van der Waals surface area (Å²) in [6.07, 6.45) is 1.82. The van der Waals surface area contributed by atoms with Crippen LogP contribution in [-0.4, -0.2) is 33.6 Å². The number of benzene rings is 1. The third-order valence-corrected chi connectivity index (χ3v) is 4.43. The topological polar surface area (TPSA) is 62.5 Å². The lowest BCUT2D eigenvalue weighted by Gasteiger charge is -2.22. The fourth-order valence-electron chi connectivity index (χ4n) is 2.92. The minimum Gasteiger partial charge on any atom is -0.372 e. The number of rotatable bonds is 5. The van der Waals surface area contributed by atoms with E-state index in [4.69, 9.17) is 0 Å². The van der Waals surface area contributed by atoms with E-state index in [-0.39, 0.29) is 5.91 Å². The van der Waals surface area contributed by atoms with Crippen LogP contribution in [0, 0.1) is 13.8 Å². The molecular formula is C19H23N5O. The predicted octanol–water partition coefficient (Wildman–Crippen LogP) is 3.44. The van der Waals surface area contributed by atoms with Crippen LogP contribution in [0.3, 0.4) is 0 Å². The van der Waals surface area contributed by atoms with Crippen molar-refractivity contribution in [3.8, 4) is 0 Å². The fraction of sp³-hybridized carbons (Fsp3) is 0.316. The van der Waals surface area contributed by atoms with Gasteiger partial charge in [-0.05, 0) is 63.6 Å². The highest BCUT2D eigenvalue weighted by molar-refractivity contribution is 6.05. The van der Waals surface area contributed by atoms with E-state index in [1.165, 1.54) is 5.69 Å². The van der Waals surface area contributed by atoms with Gasteiger partial charge in [-0.1, -0.05) is 0 Å². The Morgan fingerprint density at radius 2 is 1.88 bits per heavy atom. The average molecular weight is 337 g/mol. The number of fused-ring (bicyclic) bond motifs is 1. The SMILES string of the molecule is CCN(CC)c1ccc(NC(=O)c2ccn3c(C)nnc3c2)c(C)c1. The Morgan fingerprint density at radius 3 is 2.56 bits per heavy atom. The van der Waals surface area contributed by atoms with Gasteiger partial charge in [-0.25, -0.2) is 0 Å². The molecule has 0 unspecified atom stereocenters. The Bertz CT molecular complexity index is 911. The molecule has 0 aliphatic carbocycles. The molecule has 0 aliphatic heterocycles. The first-order valence-electron chi connectivity index (χ1n) is 8.51. The maximum Gasteiger partial charge on any atom is 0.255 e. The van der Waals surface area contributed by atoms with E-state index in [0.29, 0.717) is 11.2 Å². The van der Waals surface area contributed by atoms with Crippen molar-refractivity contribution in [3.05, 3.63) is 53.5 Å². The van der Waals surface area contributed by atoms with Crippen molar-refractivity contribution in [3.63, 3.8) is 0 Å². The second-order valence-corrected chi connectivity index (χ2v) is 6.02. The summed E-state index contributed by atoms with van der Waals surface area (Å²) in [6.45, 7) is 10.1. The molecule has 0 radical (unpaired) electrons. The lowest BCUT2D eigenvalue weighted by molar-refractivity contribution is 0.102. The quantitative estimate of drug-likeness (QED) is 0.774. The summed E-state index contributed by atoms with van der Waals surface area (Å²) in [5.74, 6) is 0.645. The molecule has 130 valence electrons. The largest absolute Gasteiger partial charge is 0.372 e. The van der Waals surface area contributed by atoms with Crippen molar-refractivity contribution in [2.24, 2.45) is 0 Å². The normalized spacial score (nSPS) is 10.9. The first kappa shape index (κ1) is 17.0. The van der Waals surface area contributed by atoms with E-state index >= 15 is 0 Å². The van der Waals surface area contributed by atoms with Crippen LogP contribution in [0.15, 0.2) is 36.5 Å². The zero-order valence-corrected chi connectivity index (χ0v) is 15.1. The number of carbonyl (C=O) groups excluding carboxylic acids is 1. The van der Waals surface area contributed by atoms with Gasteiger partial charge in [-0.3, -0.25) is 9.20 Å². The molecule has 2 aromatic heterocycles. The molecule has 1 aromatic carbocycles. The number of pyridine rings is 1. The molecule has 0 bridgehead atoms. The summed E-state index contributed by atoms with van der Waals surface area (Å²) in [4.78, 5) is 14.8. The maximum atomic E-state index is 12.6. The number of anilines is 2. The molecule has 0 atom stereocenters. The fourth-order valence-corrected chi connectivity index (χ4v) is 2.92. The molecule has 1 amide bonds. The van der Waals surface area contributed by atoms with Gasteiger partial charge in [0.15, 0.2) is 5.65 Å². The molecule has 0 spiro atoms. The van der Waals surface area contributed by atoms with E-state index in [2.05, 4.69) is 40.3 Å². The monoisotopic (exact) mass is 337 g/mol. The second-order valence-electron chi connectivity index (χ2n) is 6.02. The lowest BCUT2D eigenvalue weighted by Crippen LogP contribution is -2.22. The summed E-state index contributed by atoms with van der Waals surface area (Å²) >= 11 is 0. The number of amides is 1. The molecule has 1 N–H and O–H groups in total. The van der Waals surface area contributed by atoms with Crippen LogP contribution >= 0.6 is 0 Å². The minimum absolute atomic E-state index is 0.151. The van der Waals surface area contributed by atoms with Crippen LogP contribution in [0.4, 0.5) is 11.4 Å². The number of nitrogens with one attached hydrogen (secondary N) is 1. The zero-order chi connectivity index (χ0) is 18.0. The van der Waals surface area contributed by atoms with Crippen molar-refractivity contribution >= 4 is 22.9 Å². The molecule has 0 saturated carbocycles.